The van der Waals surface area contributed by atoms with E-state index in [4.69, 9.17) is 14.2 Å². The summed E-state index contributed by atoms with van der Waals surface area (Å²) in [5, 5.41) is 4.95. The van der Waals surface area contributed by atoms with Crippen LogP contribution in [0.3, 0.4) is 0 Å². The molecule has 0 saturated carbocycles. The Hall–Kier alpha value is -1.60. The molecule has 0 spiro atoms. The first kappa shape index (κ1) is 31.8. The van der Waals surface area contributed by atoms with Gasteiger partial charge in [-0.15, -0.1) is 0 Å². The maximum atomic E-state index is 6.78. The first-order chi connectivity index (χ1) is 20.1. The molecular formula is C35H37ClNiO3P2-. The number of benzene rings is 4. The normalized spacial score (nSPS) is 30.6. The SMILES string of the molecule is CC12CC3(C)OC(C)(CC(C)(O1)P3c1ccccc1P(c1ccccc1)c1ccccc1)O2.Cc1[c-]cccc1.[Cl][Ni]. The van der Waals surface area contributed by atoms with Gasteiger partial charge in [-0.25, -0.2) is 0 Å². The monoisotopic (exact) mass is 660 g/mol. The molecule has 223 valence electrons. The van der Waals surface area contributed by atoms with Gasteiger partial charge in [0.1, 0.15) is 0 Å². The van der Waals surface area contributed by atoms with Gasteiger partial charge in [0.25, 0.3) is 0 Å². The minimum absolute atomic E-state index is 0.299. The molecule has 3 nitrogen and oxygen atoms in total. The van der Waals surface area contributed by atoms with E-state index in [1.54, 1.807) is 0 Å². The third-order valence-corrected chi connectivity index (χ3v) is 13.7. The summed E-state index contributed by atoms with van der Waals surface area (Å²) in [4.78, 5) is 0. The molecule has 4 unspecified atom stereocenters. The Morgan fingerprint density at radius 3 is 1.60 bits per heavy atom. The summed E-state index contributed by atoms with van der Waals surface area (Å²) >= 11 is 3.35. The van der Waals surface area contributed by atoms with Crippen LogP contribution in [0.25, 0.3) is 0 Å². The molecule has 4 bridgehead atoms. The molecule has 0 radical (unpaired) electrons. The van der Waals surface area contributed by atoms with Crippen molar-refractivity contribution in [1.82, 2.24) is 0 Å². The molecule has 0 aliphatic carbocycles. The Morgan fingerprint density at radius 1 is 0.667 bits per heavy atom. The molecule has 4 atom stereocenters. The first-order valence-corrected chi connectivity index (χ1v) is 18.1. The van der Waals surface area contributed by atoms with Gasteiger partial charge in [0.2, 0.25) is 0 Å². The van der Waals surface area contributed by atoms with Gasteiger partial charge in [-0.2, -0.15) is 35.9 Å². The van der Waals surface area contributed by atoms with Crippen molar-refractivity contribution in [2.45, 2.75) is 69.7 Å². The molecule has 42 heavy (non-hydrogen) atoms. The van der Waals surface area contributed by atoms with Crippen LogP contribution >= 0.6 is 26.0 Å². The van der Waals surface area contributed by atoms with E-state index in [2.05, 4.69) is 143 Å². The summed E-state index contributed by atoms with van der Waals surface area (Å²) in [6.07, 6.45) is 1.50. The molecule has 0 N–H and O–H groups in total. The second kappa shape index (κ2) is 12.8. The van der Waals surface area contributed by atoms with Gasteiger partial charge < -0.3 is 14.2 Å². The Labute approximate surface area is 265 Å². The molecule has 4 heterocycles. The number of hydrogen-bond donors (Lipinski definition) is 0. The van der Waals surface area contributed by atoms with Crippen molar-refractivity contribution in [3.05, 3.63) is 121 Å². The van der Waals surface area contributed by atoms with E-state index in [-0.39, 0.29) is 10.7 Å². The Bertz CT molecular complexity index is 1390. The van der Waals surface area contributed by atoms with Crippen LogP contribution in [0.4, 0.5) is 0 Å². The molecule has 4 saturated heterocycles. The Balaban J connectivity index is 0.000000341. The fourth-order valence-corrected chi connectivity index (χ4v) is 14.0. The first-order valence-electron chi connectivity index (χ1n) is 14.1. The number of halogens is 1. The molecule has 0 aromatic heterocycles. The van der Waals surface area contributed by atoms with E-state index in [1.165, 1.54) is 26.8 Å². The topological polar surface area (TPSA) is 27.7 Å². The molecule has 7 heteroatoms. The van der Waals surface area contributed by atoms with Crippen molar-refractivity contribution in [3.8, 4) is 0 Å². The van der Waals surface area contributed by atoms with E-state index >= 15 is 0 Å². The summed E-state index contributed by atoms with van der Waals surface area (Å²) in [7, 11) is 2.79. The van der Waals surface area contributed by atoms with Crippen molar-refractivity contribution in [1.29, 1.82) is 0 Å². The molecule has 4 aromatic carbocycles. The molecule has 4 aromatic rings. The van der Waals surface area contributed by atoms with Gasteiger partial charge >= 0.3 is 24.8 Å². The predicted molar refractivity (Wildman–Crippen MR) is 174 cm³/mol. The molecule has 0 amide bonds. The summed E-state index contributed by atoms with van der Waals surface area (Å²) < 4.78 is 19.8. The van der Waals surface area contributed by atoms with Crippen LogP contribution in [0.5, 0.6) is 0 Å². The average molecular weight is 662 g/mol. The fourth-order valence-electron chi connectivity index (χ4n) is 7.00. The van der Waals surface area contributed by atoms with Crippen LogP contribution < -0.4 is 21.2 Å². The number of hydrogen-bond acceptors (Lipinski definition) is 3. The van der Waals surface area contributed by atoms with Gasteiger partial charge in [-0.05, 0) is 64.8 Å². The standard InChI is InChI=1S/C28H30O3P2.C7H7.ClH.Ni/c1-25-19-27(3)31-26(2,29-25)20-28(4,30-25)33(27)24-18-12-11-17-23(24)32(21-13-7-5-8-14-21)22-15-9-6-10-16-22;1-7-5-3-2-4-6-7;;/h5-18H,19-20H2,1-4H3;2-5H,1H3;1H;/q;-1;;+1/p-1. The van der Waals surface area contributed by atoms with E-state index < -0.39 is 27.4 Å². The second-order valence-electron chi connectivity index (χ2n) is 11.7. The molecule has 4 aliphatic rings. The van der Waals surface area contributed by atoms with Gasteiger partial charge in [-0.1, -0.05) is 91.9 Å². The van der Waals surface area contributed by atoms with Crippen LogP contribution in [0, 0.1) is 13.0 Å². The molecule has 4 fully saturated rings. The van der Waals surface area contributed by atoms with Crippen LogP contribution in [-0.2, 0) is 28.8 Å². The fraction of sp³-hybridized carbons (Fsp3) is 0.314. The Kier molecular flexibility index (Phi) is 9.69. The minimum atomic E-state index is -0.771. The van der Waals surface area contributed by atoms with Gasteiger partial charge in [0.15, 0.2) is 11.6 Å². The van der Waals surface area contributed by atoms with E-state index in [0.29, 0.717) is 0 Å². The summed E-state index contributed by atoms with van der Waals surface area (Å²) in [5.41, 5.74) is 1.20. The summed E-state index contributed by atoms with van der Waals surface area (Å²) in [6.45, 7) is 10.8. The average Bonchev–Trinajstić information content (AvgIpc) is 2.94. The summed E-state index contributed by atoms with van der Waals surface area (Å²) in [5.74, 6) is -1.18. The molecular weight excluding hydrogens is 624 g/mol. The number of ether oxygens (including phenoxy) is 3. The summed E-state index contributed by atoms with van der Waals surface area (Å²) in [6, 6.07) is 41.9. The van der Waals surface area contributed by atoms with Crippen LogP contribution in [-0.4, -0.2) is 22.3 Å². The van der Waals surface area contributed by atoms with Crippen LogP contribution in [0.2, 0.25) is 0 Å². The van der Waals surface area contributed by atoms with Crippen molar-refractivity contribution in [2.75, 3.05) is 0 Å². The maximum absolute atomic E-state index is 6.78. The van der Waals surface area contributed by atoms with E-state index in [1.807, 2.05) is 31.2 Å². The quantitative estimate of drug-likeness (QED) is 0.127. The van der Waals surface area contributed by atoms with Crippen molar-refractivity contribution < 1.29 is 28.8 Å². The van der Waals surface area contributed by atoms with Crippen LogP contribution in [0.1, 0.15) is 46.1 Å². The zero-order valence-corrected chi connectivity index (χ0v) is 28.2. The zero-order valence-electron chi connectivity index (χ0n) is 24.6. The number of aryl methyl sites for hydroxylation is 1. The predicted octanol–water partition coefficient (Wildman–Crippen LogP) is 7.77. The van der Waals surface area contributed by atoms with E-state index in [0.717, 1.165) is 12.8 Å². The Morgan fingerprint density at radius 2 is 1.14 bits per heavy atom. The van der Waals surface area contributed by atoms with Gasteiger partial charge in [0, 0.05) is 12.8 Å². The second-order valence-corrected chi connectivity index (χ2v) is 16.9. The molecule has 4 aliphatic heterocycles. The van der Waals surface area contributed by atoms with Crippen molar-refractivity contribution in [2.24, 2.45) is 0 Å². The van der Waals surface area contributed by atoms with E-state index in [9.17, 15) is 0 Å². The third kappa shape index (κ3) is 6.43. The van der Waals surface area contributed by atoms with Gasteiger partial charge in [0.05, 0.1) is 10.7 Å². The van der Waals surface area contributed by atoms with Crippen molar-refractivity contribution in [3.63, 3.8) is 0 Å². The zero-order chi connectivity index (χ0) is 30.0. The van der Waals surface area contributed by atoms with Crippen molar-refractivity contribution >= 4 is 47.3 Å². The van der Waals surface area contributed by atoms with Gasteiger partial charge in [-0.3, -0.25) is 0 Å². The third-order valence-electron chi connectivity index (χ3n) is 7.80. The molecule has 8 rings (SSSR count). The number of rotatable bonds is 4. The van der Waals surface area contributed by atoms with Crippen LogP contribution in [0.15, 0.2) is 109 Å².